The summed E-state index contributed by atoms with van der Waals surface area (Å²) < 4.78 is 54.5. The minimum Gasteiger partial charge on any atom is -0.405 e. The molecule has 0 aliphatic rings. The fraction of sp³-hybridized carbons (Fsp3) is 0.200. The average molecular weight is 299 g/mol. The number of ether oxygens (including phenoxy) is 1. The van der Waals surface area contributed by atoms with Crippen molar-refractivity contribution in [2.24, 2.45) is 5.73 Å². The van der Waals surface area contributed by atoms with E-state index in [0.717, 1.165) is 0 Å². The number of hydrogen-bond acceptors (Lipinski definition) is 2. The van der Waals surface area contributed by atoms with Gasteiger partial charge in [0.05, 0.1) is 6.04 Å². The van der Waals surface area contributed by atoms with Crippen molar-refractivity contribution in [2.45, 2.75) is 19.3 Å². The highest BCUT2D eigenvalue weighted by molar-refractivity contribution is 5.42. The summed E-state index contributed by atoms with van der Waals surface area (Å²) in [5.74, 6) is -0.880. The summed E-state index contributed by atoms with van der Waals surface area (Å²) in [6.07, 6.45) is -4.81. The molecule has 21 heavy (non-hydrogen) atoms. The third-order valence-electron chi connectivity index (χ3n) is 2.90. The first-order chi connectivity index (χ1) is 9.76. The van der Waals surface area contributed by atoms with Crippen LogP contribution in [0.4, 0.5) is 17.6 Å². The zero-order valence-electron chi connectivity index (χ0n) is 11.1. The van der Waals surface area contributed by atoms with Gasteiger partial charge in [0.25, 0.3) is 0 Å². The van der Waals surface area contributed by atoms with Crippen molar-refractivity contribution in [2.75, 3.05) is 0 Å². The molecule has 0 heterocycles. The molecule has 2 aromatic rings. The summed E-state index contributed by atoms with van der Waals surface area (Å²) in [5.41, 5.74) is 7.11. The smallest absolute Gasteiger partial charge is 0.405 e. The molecule has 2 aromatic carbocycles. The Balaban J connectivity index is 2.41. The second-order valence-electron chi connectivity index (χ2n) is 4.63. The van der Waals surface area contributed by atoms with Gasteiger partial charge in [-0.1, -0.05) is 24.3 Å². The number of alkyl halides is 3. The maximum absolute atomic E-state index is 13.4. The van der Waals surface area contributed by atoms with E-state index in [-0.39, 0.29) is 11.3 Å². The Hall–Kier alpha value is -2.08. The van der Waals surface area contributed by atoms with E-state index in [1.165, 1.54) is 30.3 Å². The van der Waals surface area contributed by atoms with E-state index in [4.69, 9.17) is 5.73 Å². The van der Waals surface area contributed by atoms with Crippen LogP contribution in [-0.2, 0) is 0 Å². The van der Waals surface area contributed by atoms with Crippen LogP contribution in [-0.4, -0.2) is 6.36 Å². The van der Waals surface area contributed by atoms with Crippen molar-refractivity contribution in [1.82, 2.24) is 0 Å². The molecule has 112 valence electrons. The fourth-order valence-electron chi connectivity index (χ4n) is 2.08. The van der Waals surface area contributed by atoms with Crippen LogP contribution in [0.1, 0.15) is 22.7 Å². The van der Waals surface area contributed by atoms with Gasteiger partial charge >= 0.3 is 6.36 Å². The van der Waals surface area contributed by atoms with Gasteiger partial charge in [0.1, 0.15) is 11.6 Å². The van der Waals surface area contributed by atoms with Crippen molar-refractivity contribution < 1.29 is 22.3 Å². The molecule has 0 saturated heterocycles. The molecular weight excluding hydrogens is 286 g/mol. The fourth-order valence-corrected chi connectivity index (χ4v) is 2.08. The summed E-state index contributed by atoms with van der Waals surface area (Å²) in [5, 5.41) is 0. The SMILES string of the molecule is Cc1cc(F)cc(C(N)c2ccccc2OC(F)(F)F)c1. The van der Waals surface area contributed by atoms with E-state index < -0.39 is 18.2 Å². The van der Waals surface area contributed by atoms with Crippen molar-refractivity contribution in [3.63, 3.8) is 0 Å². The number of hydrogen-bond donors (Lipinski definition) is 1. The first kappa shape index (κ1) is 15.3. The lowest BCUT2D eigenvalue weighted by atomic mass is 9.97. The van der Waals surface area contributed by atoms with Gasteiger partial charge in [-0.15, -0.1) is 13.2 Å². The molecule has 0 radical (unpaired) electrons. The van der Waals surface area contributed by atoms with E-state index in [2.05, 4.69) is 4.74 Å². The molecule has 0 aromatic heterocycles. The van der Waals surface area contributed by atoms with E-state index >= 15 is 0 Å². The topological polar surface area (TPSA) is 35.2 Å². The van der Waals surface area contributed by atoms with Gasteiger partial charge in [-0.2, -0.15) is 0 Å². The van der Waals surface area contributed by atoms with Gasteiger partial charge < -0.3 is 10.5 Å². The van der Waals surface area contributed by atoms with Crippen LogP contribution in [0.15, 0.2) is 42.5 Å². The summed E-state index contributed by atoms with van der Waals surface area (Å²) in [7, 11) is 0. The average Bonchev–Trinajstić information content (AvgIpc) is 2.35. The van der Waals surface area contributed by atoms with Crippen LogP contribution >= 0.6 is 0 Å². The molecule has 2 nitrogen and oxygen atoms in total. The second-order valence-corrected chi connectivity index (χ2v) is 4.63. The number of aryl methyl sites for hydroxylation is 1. The number of para-hydroxylation sites is 1. The minimum atomic E-state index is -4.81. The zero-order chi connectivity index (χ0) is 15.6. The van der Waals surface area contributed by atoms with Crippen molar-refractivity contribution in [3.8, 4) is 5.75 Å². The van der Waals surface area contributed by atoms with Gasteiger partial charge in [0.2, 0.25) is 0 Å². The molecule has 6 heteroatoms. The Kier molecular flexibility index (Phi) is 4.18. The Morgan fingerprint density at radius 2 is 1.76 bits per heavy atom. The van der Waals surface area contributed by atoms with E-state index in [0.29, 0.717) is 11.1 Å². The van der Waals surface area contributed by atoms with Crippen LogP contribution in [0.2, 0.25) is 0 Å². The molecule has 2 rings (SSSR count). The van der Waals surface area contributed by atoms with Gasteiger partial charge in [-0.25, -0.2) is 4.39 Å². The van der Waals surface area contributed by atoms with Gasteiger partial charge in [-0.05, 0) is 36.2 Å². The van der Waals surface area contributed by atoms with Crippen molar-refractivity contribution in [1.29, 1.82) is 0 Å². The van der Waals surface area contributed by atoms with Crippen LogP contribution in [0.5, 0.6) is 5.75 Å². The molecule has 1 unspecified atom stereocenters. The van der Waals surface area contributed by atoms with Crippen LogP contribution in [0.25, 0.3) is 0 Å². The first-order valence-corrected chi connectivity index (χ1v) is 6.13. The first-order valence-electron chi connectivity index (χ1n) is 6.13. The largest absolute Gasteiger partial charge is 0.573 e. The Labute approximate surface area is 119 Å². The van der Waals surface area contributed by atoms with Crippen molar-refractivity contribution in [3.05, 3.63) is 65.0 Å². The predicted molar refractivity (Wildman–Crippen MR) is 70.3 cm³/mol. The molecule has 0 fully saturated rings. The molecule has 0 amide bonds. The third kappa shape index (κ3) is 3.95. The van der Waals surface area contributed by atoms with Gasteiger partial charge in [0.15, 0.2) is 0 Å². The van der Waals surface area contributed by atoms with E-state index in [9.17, 15) is 17.6 Å². The Bertz CT molecular complexity index is 620. The molecule has 0 bridgehead atoms. The summed E-state index contributed by atoms with van der Waals surface area (Å²) in [4.78, 5) is 0. The maximum Gasteiger partial charge on any atom is 0.573 e. The van der Waals surface area contributed by atoms with Crippen molar-refractivity contribution >= 4 is 0 Å². The normalized spacial score (nSPS) is 13.0. The van der Waals surface area contributed by atoms with E-state index in [1.807, 2.05) is 0 Å². The summed E-state index contributed by atoms with van der Waals surface area (Å²) in [6.45, 7) is 1.68. The second kappa shape index (κ2) is 5.73. The molecule has 0 aliphatic heterocycles. The monoisotopic (exact) mass is 299 g/mol. The van der Waals surface area contributed by atoms with E-state index in [1.54, 1.807) is 19.1 Å². The van der Waals surface area contributed by atoms with Crippen LogP contribution in [0.3, 0.4) is 0 Å². The Morgan fingerprint density at radius 1 is 1.10 bits per heavy atom. The number of nitrogens with two attached hydrogens (primary N) is 1. The van der Waals surface area contributed by atoms with Crippen LogP contribution in [0, 0.1) is 12.7 Å². The highest BCUT2D eigenvalue weighted by Crippen LogP contribution is 2.32. The molecular formula is C15H13F4NO. The predicted octanol–water partition coefficient (Wildman–Crippen LogP) is 4.08. The quantitative estimate of drug-likeness (QED) is 0.867. The Morgan fingerprint density at radius 3 is 2.38 bits per heavy atom. The number of halogens is 4. The molecule has 0 saturated carbocycles. The van der Waals surface area contributed by atoms with Crippen LogP contribution < -0.4 is 10.5 Å². The lowest BCUT2D eigenvalue weighted by Crippen LogP contribution is -2.20. The molecule has 1 atom stereocenters. The third-order valence-corrected chi connectivity index (χ3v) is 2.90. The standard InChI is InChI=1S/C15H13F4NO/c1-9-6-10(8-11(16)7-9)14(20)12-4-2-3-5-13(12)21-15(17,18)19/h2-8,14H,20H2,1H3. The summed E-state index contributed by atoms with van der Waals surface area (Å²) in [6, 6.07) is 8.77. The maximum atomic E-state index is 13.4. The minimum absolute atomic E-state index is 0.139. The lowest BCUT2D eigenvalue weighted by Gasteiger charge is -2.18. The lowest BCUT2D eigenvalue weighted by molar-refractivity contribution is -0.274. The summed E-state index contributed by atoms with van der Waals surface area (Å²) >= 11 is 0. The van der Waals surface area contributed by atoms with Gasteiger partial charge in [0, 0.05) is 5.56 Å². The number of benzene rings is 2. The molecule has 0 spiro atoms. The van der Waals surface area contributed by atoms with Gasteiger partial charge in [-0.3, -0.25) is 0 Å². The highest BCUT2D eigenvalue weighted by atomic mass is 19.4. The molecule has 2 N–H and O–H groups in total. The zero-order valence-corrected chi connectivity index (χ0v) is 11.1. The molecule has 0 aliphatic carbocycles. The number of rotatable bonds is 3. The highest BCUT2D eigenvalue weighted by Gasteiger charge is 2.32.